The van der Waals surface area contributed by atoms with Gasteiger partial charge in [-0.05, 0) is 43.5 Å². The van der Waals surface area contributed by atoms with Crippen molar-refractivity contribution in [3.05, 3.63) is 28.7 Å². The summed E-state index contributed by atoms with van der Waals surface area (Å²) in [6.07, 6.45) is 2.85. The lowest BCUT2D eigenvalue weighted by Crippen LogP contribution is -2.42. The molecule has 0 radical (unpaired) electrons. The van der Waals surface area contributed by atoms with Crippen molar-refractivity contribution < 1.29 is 4.79 Å². The lowest BCUT2D eigenvalue weighted by atomic mass is 10.1. The second-order valence-electron chi connectivity index (χ2n) is 4.07. The molecule has 0 bridgehead atoms. The summed E-state index contributed by atoms with van der Waals surface area (Å²) in [4.78, 5) is 13.8. The Bertz CT molecular complexity index is 377. The van der Waals surface area contributed by atoms with Gasteiger partial charge in [0.25, 0.3) is 0 Å². The zero-order valence-corrected chi connectivity index (χ0v) is 10.6. The smallest absolute Gasteiger partial charge is 0.243 e. The quantitative estimate of drug-likeness (QED) is 0.859. The summed E-state index contributed by atoms with van der Waals surface area (Å²) in [5, 5.41) is 0. The number of halogens is 1. The van der Waals surface area contributed by atoms with E-state index in [4.69, 9.17) is 5.73 Å². The Morgan fingerprint density at radius 3 is 2.62 bits per heavy atom. The average Bonchev–Trinajstić information content (AvgIpc) is 2.44. The minimum atomic E-state index is -0.342. The number of nitrogens with two attached hydrogens (primary N) is 1. The third-order valence-electron chi connectivity index (χ3n) is 2.87. The number of hydrogen-bond donors (Lipinski definition) is 1. The van der Waals surface area contributed by atoms with E-state index in [1.165, 1.54) is 0 Å². The first-order chi connectivity index (χ1) is 7.68. The van der Waals surface area contributed by atoms with Gasteiger partial charge in [0.2, 0.25) is 5.91 Å². The molecule has 4 heteroatoms. The van der Waals surface area contributed by atoms with Crippen molar-refractivity contribution in [2.45, 2.75) is 25.3 Å². The van der Waals surface area contributed by atoms with E-state index in [9.17, 15) is 4.79 Å². The lowest BCUT2D eigenvalue weighted by Gasteiger charge is -2.22. The van der Waals surface area contributed by atoms with Gasteiger partial charge < -0.3 is 10.6 Å². The summed E-state index contributed by atoms with van der Waals surface area (Å²) < 4.78 is 1.02. The molecule has 0 aliphatic carbocycles. The Labute approximate surface area is 104 Å². The van der Waals surface area contributed by atoms with E-state index < -0.39 is 0 Å². The summed E-state index contributed by atoms with van der Waals surface area (Å²) in [6.45, 7) is 0.772. The van der Waals surface area contributed by atoms with Crippen LogP contribution in [-0.4, -0.2) is 18.5 Å². The van der Waals surface area contributed by atoms with Gasteiger partial charge in [0.05, 0.1) is 6.04 Å². The van der Waals surface area contributed by atoms with Crippen molar-refractivity contribution in [1.29, 1.82) is 0 Å². The van der Waals surface area contributed by atoms with Gasteiger partial charge in [-0.15, -0.1) is 0 Å². The van der Waals surface area contributed by atoms with Gasteiger partial charge in [-0.1, -0.05) is 15.9 Å². The largest absolute Gasteiger partial charge is 0.320 e. The molecular weight excluding hydrogens is 268 g/mol. The van der Waals surface area contributed by atoms with Crippen molar-refractivity contribution in [2.75, 3.05) is 11.4 Å². The first kappa shape index (κ1) is 11.6. The molecular formula is C12H15BrN2O. The number of rotatable bonds is 1. The Hall–Kier alpha value is -0.870. The topological polar surface area (TPSA) is 46.3 Å². The number of amides is 1. The zero-order chi connectivity index (χ0) is 11.5. The van der Waals surface area contributed by atoms with Crippen LogP contribution < -0.4 is 10.6 Å². The number of nitrogens with zero attached hydrogens (tertiary/aromatic N) is 1. The van der Waals surface area contributed by atoms with Crippen LogP contribution in [0.1, 0.15) is 19.3 Å². The van der Waals surface area contributed by atoms with E-state index in [-0.39, 0.29) is 11.9 Å². The fraction of sp³-hybridized carbons (Fsp3) is 0.417. The van der Waals surface area contributed by atoms with Gasteiger partial charge in [0.1, 0.15) is 0 Å². The Balaban J connectivity index is 2.24. The summed E-state index contributed by atoms with van der Waals surface area (Å²) in [5.74, 6) is 0.0415. The number of benzene rings is 1. The molecule has 1 amide bonds. The van der Waals surface area contributed by atoms with E-state index in [1.54, 1.807) is 4.90 Å². The van der Waals surface area contributed by atoms with E-state index >= 15 is 0 Å². The van der Waals surface area contributed by atoms with Crippen LogP contribution in [-0.2, 0) is 4.79 Å². The van der Waals surface area contributed by atoms with E-state index in [0.717, 1.165) is 36.0 Å². The zero-order valence-electron chi connectivity index (χ0n) is 9.03. The summed E-state index contributed by atoms with van der Waals surface area (Å²) in [5.41, 5.74) is 6.77. The van der Waals surface area contributed by atoms with E-state index in [0.29, 0.717) is 0 Å². The molecule has 0 aromatic heterocycles. The van der Waals surface area contributed by atoms with Gasteiger partial charge in [-0.2, -0.15) is 0 Å². The minimum absolute atomic E-state index is 0.0415. The van der Waals surface area contributed by atoms with Crippen LogP contribution in [0, 0.1) is 0 Å². The van der Waals surface area contributed by atoms with Gasteiger partial charge in [0.15, 0.2) is 0 Å². The van der Waals surface area contributed by atoms with Crippen LogP contribution in [0.25, 0.3) is 0 Å². The number of hydrogen-bond acceptors (Lipinski definition) is 2. The standard InChI is InChI=1S/C12H15BrN2O/c13-9-4-6-10(7-5-9)15-8-2-1-3-11(14)12(15)16/h4-7,11H,1-3,8,14H2. The fourth-order valence-corrected chi connectivity index (χ4v) is 2.21. The second kappa shape index (κ2) is 4.97. The van der Waals surface area contributed by atoms with Crippen molar-refractivity contribution in [1.82, 2.24) is 0 Å². The highest BCUT2D eigenvalue weighted by atomic mass is 79.9. The highest BCUT2D eigenvalue weighted by Gasteiger charge is 2.24. The normalized spacial score (nSPS) is 22.0. The Morgan fingerprint density at radius 2 is 1.94 bits per heavy atom. The minimum Gasteiger partial charge on any atom is -0.320 e. The molecule has 2 N–H and O–H groups in total. The van der Waals surface area contributed by atoms with Gasteiger partial charge in [-0.25, -0.2) is 0 Å². The highest BCUT2D eigenvalue weighted by molar-refractivity contribution is 9.10. The molecule has 2 rings (SSSR count). The maximum atomic E-state index is 12.0. The molecule has 86 valence electrons. The molecule has 1 aromatic rings. The van der Waals surface area contributed by atoms with Gasteiger partial charge >= 0.3 is 0 Å². The number of carbonyl (C=O) groups excluding carboxylic acids is 1. The maximum absolute atomic E-state index is 12.0. The second-order valence-corrected chi connectivity index (χ2v) is 4.98. The van der Waals surface area contributed by atoms with Gasteiger partial charge in [0, 0.05) is 16.7 Å². The molecule has 1 aliphatic rings. The van der Waals surface area contributed by atoms with Crippen LogP contribution in [0.15, 0.2) is 28.7 Å². The molecule has 3 nitrogen and oxygen atoms in total. The first-order valence-electron chi connectivity index (χ1n) is 5.51. The molecule has 0 saturated carbocycles. The van der Waals surface area contributed by atoms with Crippen LogP contribution >= 0.6 is 15.9 Å². The van der Waals surface area contributed by atoms with Crippen LogP contribution in [0.3, 0.4) is 0 Å². The van der Waals surface area contributed by atoms with Crippen molar-refractivity contribution in [3.8, 4) is 0 Å². The molecule has 1 saturated heterocycles. The molecule has 1 fully saturated rings. The Morgan fingerprint density at radius 1 is 1.25 bits per heavy atom. The molecule has 16 heavy (non-hydrogen) atoms. The molecule has 1 unspecified atom stereocenters. The van der Waals surface area contributed by atoms with Crippen LogP contribution in [0.4, 0.5) is 5.69 Å². The monoisotopic (exact) mass is 282 g/mol. The lowest BCUT2D eigenvalue weighted by molar-refractivity contribution is -0.119. The average molecular weight is 283 g/mol. The predicted octanol–water partition coefficient (Wildman–Crippen LogP) is 2.29. The summed E-state index contributed by atoms with van der Waals surface area (Å²) >= 11 is 3.38. The Kier molecular flexibility index (Phi) is 3.61. The van der Waals surface area contributed by atoms with E-state index in [1.807, 2.05) is 24.3 Å². The van der Waals surface area contributed by atoms with Crippen molar-refractivity contribution in [3.63, 3.8) is 0 Å². The molecule has 1 aliphatic heterocycles. The maximum Gasteiger partial charge on any atom is 0.243 e. The van der Waals surface area contributed by atoms with E-state index in [2.05, 4.69) is 15.9 Å². The fourth-order valence-electron chi connectivity index (χ4n) is 1.95. The third-order valence-corrected chi connectivity index (χ3v) is 3.40. The summed E-state index contributed by atoms with van der Waals surface area (Å²) in [7, 11) is 0. The highest BCUT2D eigenvalue weighted by Crippen LogP contribution is 2.22. The third kappa shape index (κ3) is 2.44. The molecule has 1 aromatic carbocycles. The number of anilines is 1. The van der Waals surface area contributed by atoms with Gasteiger partial charge in [-0.3, -0.25) is 4.79 Å². The SMILES string of the molecule is NC1CCCCN(c2ccc(Br)cc2)C1=O. The molecule has 0 spiro atoms. The molecule has 1 heterocycles. The van der Waals surface area contributed by atoms with Crippen LogP contribution in [0.2, 0.25) is 0 Å². The van der Waals surface area contributed by atoms with Crippen LogP contribution in [0.5, 0.6) is 0 Å². The first-order valence-corrected chi connectivity index (χ1v) is 6.30. The van der Waals surface area contributed by atoms with Crippen molar-refractivity contribution >= 4 is 27.5 Å². The summed E-state index contributed by atoms with van der Waals surface area (Å²) in [6, 6.07) is 7.43. The van der Waals surface area contributed by atoms with Crippen molar-refractivity contribution in [2.24, 2.45) is 5.73 Å². The molecule has 1 atom stereocenters. The predicted molar refractivity (Wildman–Crippen MR) is 68.3 cm³/mol. The number of carbonyl (C=O) groups is 1.